The summed E-state index contributed by atoms with van der Waals surface area (Å²) in [6.07, 6.45) is 4.82. The van der Waals surface area contributed by atoms with E-state index in [2.05, 4.69) is 55.9 Å². The van der Waals surface area contributed by atoms with Crippen LogP contribution in [0.25, 0.3) is 10.8 Å². The number of nitrogens with two attached hydrogens (primary N) is 1. The molecule has 2 aromatic rings. The minimum Gasteiger partial charge on any atom is -0.325 e. The molecule has 0 bridgehead atoms. The summed E-state index contributed by atoms with van der Waals surface area (Å²) in [6.45, 7) is 0. The first-order chi connectivity index (χ1) is 10.2. The van der Waals surface area contributed by atoms with Crippen LogP contribution in [0.15, 0.2) is 45.9 Å². The maximum absolute atomic E-state index is 5.58. The van der Waals surface area contributed by atoms with Crippen LogP contribution < -0.4 is 16.6 Å². The predicted molar refractivity (Wildman–Crippen MR) is 92.3 cm³/mol. The highest BCUT2D eigenvalue weighted by molar-refractivity contribution is 9.10. The smallest absolute Gasteiger partial charge is 0.210 e. The van der Waals surface area contributed by atoms with Crippen molar-refractivity contribution in [2.24, 2.45) is 10.8 Å². The van der Waals surface area contributed by atoms with Crippen molar-refractivity contribution in [2.75, 3.05) is 5.32 Å². The summed E-state index contributed by atoms with van der Waals surface area (Å²) in [4.78, 5) is 4.65. The monoisotopic (exact) mass is 346 g/mol. The van der Waals surface area contributed by atoms with Gasteiger partial charge < -0.3 is 5.32 Å². The van der Waals surface area contributed by atoms with Gasteiger partial charge in [0.05, 0.1) is 6.04 Å². The fraction of sp³-hybridized carbons (Fsp3) is 0.312. The van der Waals surface area contributed by atoms with Crippen LogP contribution in [0, 0.1) is 0 Å². The highest BCUT2D eigenvalue weighted by atomic mass is 79.9. The van der Waals surface area contributed by atoms with Gasteiger partial charge in [-0.15, -0.1) is 0 Å². The molecule has 0 spiro atoms. The number of aliphatic imine (C=N–C) groups is 1. The van der Waals surface area contributed by atoms with Crippen LogP contribution >= 0.6 is 15.9 Å². The average molecular weight is 347 g/mol. The Morgan fingerprint density at radius 1 is 1.10 bits per heavy atom. The first-order valence-corrected chi connectivity index (χ1v) is 8.05. The van der Waals surface area contributed by atoms with Crippen molar-refractivity contribution >= 4 is 38.3 Å². The summed E-state index contributed by atoms with van der Waals surface area (Å²) in [6, 6.07) is 12.9. The minimum absolute atomic E-state index is 0.389. The van der Waals surface area contributed by atoms with Gasteiger partial charge in [0.1, 0.15) is 0 Å². The Kier molecular flexibility index (Phi) is 4.41. The van der Waals surface area contributed by atoms with Gasteiger partial charge in [-0.3, -0.25) is 5.43 Å². The molecule has 1 aliphatic rings. The largest absolute Gasteiger partial charge is 0.325 e. The Labute approximate surface area is 132 Å². The molecule has 1 aliphatic carbocycles. The third-order valence-electron chi connectivity index (χ3n) is 3.84. The van der Waals surface area contributed by atoms with Crippen molar-refractivity contribution in [3.63, 3.8) is 0 Å². The molecule has 0 aromatic heterocycles. The first kappa shape index (κ1) is 14.4. The van der Waals surface area contributed by atoms with Crippen LogP contribution in [0.5, 0.6) is 0 Å². The predicted octanol–water partition coefficient (Wildman–Crippen LogP) is 3.78. The van der Waals surface area contributed by atoms with E-state index in [9.17, 15) is 0 Å². The van der Waals surface area contributed by atoms with E-state index in [1.54, 1.807) is 0 Å². The lowest BCUT2D eigenvalue weighted by atomic mass is 10.1. The topological polar surface area (TPSA) is 62.4 Å². The van der Waals surface area contributed by atoms with Gasteiger partial charge in [0.15, 0.2) is 0 Å². The van der Waals surface area contributed by atoms with Gasteiger partial charge in [0, 0.05) is 10.2 Å². The highest BCUT2D eigenvalue weighted by Gasteiger charge is 2.14. The third kappa shape index (κ3) is 3.54. The zero-order valence-electron chi connectivity index (χ0n) is 11.8. The molecule has 110 valence electrons. The number of rotatable bonds is 2. The normalized spacial score (nSPS) is 16.4. The molecule has 0 heterocycles. The van der Waals surface area contributed by atoms with E-state index in [0.717, 1.165) is 23.0 Å². The summed E-state index contributed by atoms with van der Waals surface area (Å²) < 4.78 is 1.09. The molecule has 0 amide bonds. The van der Waals surface area contributed by atoms with Gasteiger partial charge in [-0.25, -0.2) is 10.8 Å². The van der Waals surface area contributed by atoms with E-state index in [1.807, 2.05) is 12.1 Å². The van der Waals surface area contributed by atoms with Gasteiger partial charge in [0.2, 0.25) is 5.96 Å². The van der Waals surface area contributed by atoms with E-state index < -0.39 is 0 Å². The van der Waals surface area contributed by atoms with Gasteiger partial charge >= 0.3 is 0 Å². The Balaban J connectivity index is 1.81. The molecule has 3 rings (SSSR count). The average Bonchev–Trinajstić information content (AvgIpc) is 2.99. The Hall–Kier alpha value is -1.59. The lowest BCUT2D eigenvalue weighted by molar-refractivity contribution is 0.700. The number of nitrogens with zero attached hydrogens (tertiary/aromatic N) is 1. The third-order valence-corrected chi connectivity index (χ3v) is 4.33. The maximum Gasteiger partial charge on any atom is 0.210 e. The number of anilines is 1. The molecule has 0 atom stereocenters. The second-order valence-corrected chi connectivity index (χ2v) is 6.31. The molecule has 0 saturated heterocycles. The van der Waals surface area contributed by atoms with E-state index in [-0.39, 0.29) is 0 Å². The zero-order chi connectivity index (χ0) is 14.7. The Morgan fingerprint density at radius 3 is 2.57 bits per heavy atom. The second kappa shape index (κ2) is 6.45. The van der Waals surface area contributed by atoms with Crippen LogP contribution in [-0.4, -0.2) is 12.0 Å². The summed E-state index contributed by atoms with van der Waals surface area (Å²) in [7, 11) is 0. The minimum atomic E-state index is 0.389. The lowest BCUT2D eigenvalue weighted by Crippen LogP contribution is -2.37. The first-order valence-electron chi connectivity index (χ1n) is 7.25. The molecule has 0 aliphatic heterocycles. The molecule has 1 fully saturated rings. The van der Waals surface area contributed by atoms with Crippen molar-refractivity contribution in [1.82, 2.24) is 5.43 Å². The number of halogens is 1. The quantitative estimate of drug-likeness (QED) is 0.335. The Bertz CT molecular complexity index is 662. The summed E-state index contributed by atoms with van der Waals surface area (Å²) in [5, 5.41) is 5.64. The molecule has 21 heavy (non-hydrogen) atoms. The highest BCUT2D eigenvalue weighted by Crippen LogP contribution is 2.24. The number of nitrogens with one attached hydrogen (secondary N) is 2. The zero-order valence-corrected chi connectivity index (χ0v) is 13.4. The van der Waals surface area contributed by atoms with Crippen molar-refractivity contribution < 1.29 is 0 Å². The Morgan fingerprint density at radius 2 is 1.81 bits per heavy atom. The van der Waals surface area contributed by atoms with Crippen molar-refractivity contribution in [3.8, 4) is 0 Å². The van der Waals surface area contributed by atoms with E-state index in [0.29, 0.717) is 12.0 Å². The van der Waals surface area contributed by atoms with Crippen LogP contribution in [0.1, 0.15) is 25.7 Å². The summed E-state index contributed by atoms with van der Waals surface area (Å²) in [5.41, 5.74) is 3.65. The second-order valence-electron chi connectivity index (χ2n) is 5.39. The molecule has 0 unspecified atom stereocenters. The van der Waals surface area contributed by atoms with E-state index in [1.165, 1.54) is 23.6 Å². The van der Waals surface area contributed by atoms with Crippen molar-refractivity contribution in [2.45, 2.75) is 31.7 Å². The number of benzene rings is 2. The summed E-state index contributed by atoms with van der Waals surface area (Å²) in [5.74, 6) is 6.22. The van der Waals surface area contributed by atoms with Crippen LogP contribution in [-0.2, 0) is 0 Å². The molecule has 0 radical (unpaired) electrons. The van der Waals surface area contributed by atoms with Gasteiger partial charge in [0.25, 0.3) is 0 Å². The fourth-order valence-electron chi connectivity index (χ4n) is 2.75. The van der Waals surface area contributed by atoms with Crippen LogP contribution in [0.4, 0.5) is 5.69 Å². The number of hydrogen-bond donors (Lipinski definition) is 3. The molecule has 2 aromatic carbocycles. The van der Waals surface area contributed by atoms with Gasteiger partial charge in [-0.05, 0) is 47.9 Å². The van der Waals surface area contributed by atoms with E-state index in [4.69, 9.17) is 5.84 Å². The fourth-order valence-corrected chi connectivity index (χ4v) is 3.13. The van der Waals surface area contributed by atoms with Crippen LogP contribution in [0.2, 0.25) is 0 Å². The van der Waals surface area contributed by atoms with Gasteiger partial charge in [-0.2, -0.15) is 0 Å². The SMILES string of the molecule is NNC(=NC1CCCC1)Nc1ccc2cc(Br)ccc2c1. The molecule has 5 heteroatoms. The standard InChI is InChI=1S/C16H19BrN4/c17-13-7-5-12-10-15(8-6-11(12)9-13)20-16(21-18)19-14-3-1-2-4-14/h5-10,14H,1-4,18H2,(H2,19,20,21). The number of hydrogen-bond acceptors (Lipinski definition) is 2. The number of guanidine groups is 1. The number of hydrazine groups is 1. The van der Waals surface area contributed by atoms with Crippen molar-refractivity contribution in [1.29, 1.82) is 0 Å². The molecule has 4 N–H and O–H groups in total. The molecule has 1 saturated carbocycles. The molecular formula is C16H19BrN4. The lowest BCUT2D eigenvalue weighted by Gasteiger charge is -2.12. The van der Waals surface area contributed by atoms with Gasteiger partial charge in [-0.1, -0.05) is 40.9 Å². The van der Waals surface area contributed by atoms with Crippen molar-refractivity contribution in [3.05, 3.63) is 40.9 Å². The summed E-state index contributed by atoms with van der Waals surface area (Å²) >= 11 is 3.49. The molecular weight excluding hydrogens is 328 g/mol. The number of fused-ring (bicyclic) bond motifs is 1. The van der Waals surface area contributed by atoms with Crippen LogP contribution in [0.3, 0.4) is 0 Å². The molecule has 4 nitrogen and oxygen atoms in total. The maximum atomic E-state index is 5.58. The van der Waals surface area contributed by atoms with E-state index >= 15 is 0 Å².